The molecule has 2 rings (SSSR count). The second-order valence-electron chi connectivity index (χ2n) is 4.74. The topological polar surface area (TPSA) is 82.7 Å². The van der Waals surface area contributed by atoms with Crippen LogP contribution in [0.2, 0.25) is 0 Å². The van der Waals surface area contributed by atoms with Crippen molar-refractivity contribution in [2.24, 2.45) is 0 Å². The Balaban J connectivity index is 2.16. The summed E-state index contributed by atoms with van der Waals surface area (Å²) >= 11 is 0. The molecular weight excluding hydrogens is 232 g/mol. The molecule has 1 amide bonds. The van der Waals surface area contributed by atoms with Gasteiger partial charge < -0.3 is 20.6 Å². The lowest BCUT2D eigenvalue weighted by Crippen LogP contribution is -2.58. The molecule has 2 heterocycles. The monoisotopic (exact) mass is 250 g/mol. The molecule has 0 bridgehead atoms. The zero-order valence-electron chi connectivity index (χ0n) is 10.6. The number of aromatic nitrogens is 1. The molecule has 1 aliphatic rings. The molecule has 0 radical (unpaired) electrons. The smallest absolute Gasteiger partial charge is 0.407 e. The summed E-state index contributed by atoms with van der Waals surface area (Å²) in [4.78, 5) is 19.0. The van der Waals surface area contributed by atoms with Crippen molar-refractivity contribution in [2.75, 3.05) is 23.7 Å². The van der Waals surface area contributed by atoms with Crippen LogP contribution in [0.1, 0.15) is 13.8 Å². The normalized spacial score (nSPS) is 24.1. The maximum Gasteiger partial charge on any atom is 0.407 e. The van der Waals surface area contributed by atoms with E-state index in [2.05, 4.69) is 9.88 Å². The van der Waals surface area contributed by atoms with Gasteiger partial charge in [0.1, 0.15) is 5.82 Å². The van der Waals surface area contributed by atoms with Crippen LogP contribution >= 0.6 is 0 Å². The van der Waals surface area contributed by atoms with Gasteiger partial charge in [-0.2, -0.15) is 0 Å². The van der Waals surface area contributed by atoms with E-state index in [9.17, 15) is 4.79 Å². The number of carbonyl (C=O) groups is 1. The highest BCUT2D eigenvalue weighted by molar-refractivity contribution is 5.66. The van der Waals surface area contributed by atoms with E-state index in [0.29, 0.717) is 18.8 Å². The van der Waals surface area contributed by atoms with Crippen LogP contribution < -0.4 is 10.6 Å². The Morgan fingerprint density at radius 1 is 1.39 bits per heavy atom. The van der Waals surface area contributed by atoms with Crippen LogP contribution in [-0.2, 0) is 0 Å². The number of amides is 1. The van der Waals surface area contributed by atoms with Crippen molar-refractivity contribution in [1.29, 1.82) is 0 Å². The minimum absolute atomic E-state index is 0.0435. The molecule has 18 heavy (non-hydrogen) atoms. The van der Waals surface area contributed by atoms with Crippen LogP contribution in [0, 0.1) is 0 Å². The molecule has 1 fully saturated rings. The summed E-state index contributed by atoms with van der Waals surface area (Å²) in [6.07, 6.45) is 0.760. The SMILES string of the molecule is C[C@@H]1CN(C(=O)O)[C@@H](C)CN1c1ccc(N)cn1. The number of rotatable bonds is 1. The van der Waals surface area contributed by atoms with Gasteiger partial charge in [0.25, 0.3) is 0 Å². The van der Waals surface area contributed by atoms with Gasteiger partial charge in [0.15, 0.2) is 0 Å². The van der Waals surface area contributed by atoms with Gasteiger partial charge in [-0.1, -0.05) is 0 Å². The van der Waals surface area contributed by atoms with E-state index >= 15 is 0 Å². The molecule has 0 unspecified atom stereocenters. The molecule has 6 heteroatoms. The third-order valence-electron chi connectivity index (χ3n) is 3.30. The van der Waals surface area contributed by atoms with Crippen LogP contribution in [0.4, 0.5) is 16.3 Å². The highest BCUT2D eigenvalue weighted by atomic mass is 16.4. The summed E-state index contributed by atoms with van der Waals surface area (Å²) in [5, 5.41) is 9.09. The van der Waals surface area contributed by atoms with Crippen molar-refractivity contribution in [3.63, 3.8) is 0 Å². The van der Waals surface area contributed by atoms with Crippen LogP contribution in [0.5, 0.6) is 0 Å². The Morgan fingerprint density at radius 2 is 2.11 bits per heavy atom. The molecule has 1 saturated heterocycles. The predicted octanol–water partition coefficient (Wildman–Crippen LogP) is 1.24. The number of nitrogens with zero attached hydrogens (tertiary/aromatic N) is 3. The molecule has 6 nitrogen and oxygen atoms in total. The first-order chi connectivity index (χ1) is 8.49. The Bertz CT molecular complexity index is 434. The van der Waals surface area contributed by atoms with Gasteiger partial charge in [-0.3, -0.25) is 0 Å². The third kappa shape index (κ3) is 2.32. The highest BCUT2D eigenvalue weighted by Gasteiger charge is 2.32. The number of nitrogen functional groups attached to an aromatic ring is 1. The molecule has 2 atom stereocenters. The first-order valence-corrected chi connectivity index (χ1v) is 5.96. The molecule has 0 spiro atoms. The average Bonchev–Trinajstić information content (AvgIpc) is 2.32. The summed E-state index contributed by atoms with van der Waals surface area (Å²) in [6.45, 7) is 5.04. The third-order valence-corrected chi connectivity index (χ3v) is 3.30. The van der Waals surface area contributed by atoms with Crippen molar-refractivity contribution in [3.8, 4) is 0 Å². The number of hydrogen-bond acceptors (Lipinski definition) is 4. The summed E-state index contributed by atoms with van der Waals surface area (Å²) in [6, 6.07) is 3.74. The maximum atomic E-state index is 11.1. The van der Waals surface area contributed by atoms with E-state index in [0.717, 1.165) is 5.82 Å². The molecule has 98 valence electrons. The Labute approximate surface area is 106 Å². The molecule has 1 aromatic rings. The van der Waals surface area contributed by atoms with Crippen LogP contribution in [0.25, 0.3) is 0 Å². The summed E-state index contributed by atoms with van der Waals surface area (Å²) in [7, 11) is 0. The van der Waals surface area contributed by atoms with Gasteiger partial charge in [0.05, 0.1) is 11.9 Å². The summed E-state index contributed by atoms with van der Waals surface area (Å²) in [5.74, 6) is 0.841. The Morgan fingerprint density at radius 3 is 2.67 bits per heavy atom. The zero-order valence-corrected chi connectivity index (χ0v) is 10.6. The van der Waals surface area contributed by atoms with E-state index in [4.69, 9.17) is 10.8 Å². The lowest BCUT2D eigenvalue weighted by atomic mass is 10.1. The fraction of sp³-hybridized carbons (Fsp3) is 0.500. The Kier molecular flexibility index (Phi) is 3.27. The van der Waals surface area contributed by atoms with Crippen molar-refractivity contribution < 1.29 is 9.90 Å². The summed E-state index contributed by atoms with van der Waals surface area (Å²) < 4.78 is 0. The van der Waals surface area contributed by atoms with Crippen LogP contribution in [-0.4, -0.2) is 46.3 Å². The van der Waals surface area contributed by atoms with E-state index in [-0.39, 0.29) is 12.1 Å². The maximum absolute atomic E-state index is 11.1. The van der Waals surface area contributed by atoms with Crippen LogP contribution in [0.15, 0.2) is 18.3 Å². The lowest BCUT2D eigenvalue weighted by molar-refractivity contribution is 0.114. The quantitative estimate of drug-likeness (QED) is 0.783. The van der Waals surface area contributed by atoms with Crippen molar-refractivity contribution in [1.82, 2.24) is 9.88 Å². The summed E-state index contributed by atoms with van der Waals surface area (Å²) in [5.41, 5.74) is 6.24. The molecular formula is C12H18N4O2. The van der Waals surface area contributed by atoms with E-state index in [1.807, 2.05) is 26.0 Å². The number of pyridine rings is 1. The second kappa shape index (κ2) is 4.72. The molecule has 0 aromatic carbocycles. The number of nitrogens with two attached hydrogens (primary N) is 1. The van der Waals surface area contributed by atoms with Gasteiger partial charge in [0, 0.05) is 25.2 Å². The average molecular weight is 250 g/mol. The fourth-order valence-electron chi connectivity index (χ4n) is 2.28. The molecule has 0 aliphatic carbocycles. The molecule has 3 N–H and O–H groups in total. The first kappa shape index (κ1) is 12.5. The van der Waals surface area contributed by atoms with Crippen molar-refractivity contribution >= 4 is 17.6 Å². The highest BCUT2D eigenvalue weighted by Crippen LogP contribution is 2.22. The van der Waals surface area contributed by atoms with Crippen molar-refractivity contribution in [3.05, 3.63) is 18.3 Å². The van der Waals surface area contributed by atoms with Gasteiger partial charge in [0.2, 0.25) is 0 Å². The minimum atomic E-state index is -0.862. The molecule has 1 aliphatic heterocycles. The fourth-order valence-corrected chi connectivity index (χ4v) is 2.28. The van der Waals surface area contributed by atoms with Crippen molar-refractivity contribution in [2.45, 2.75) is 25.9 Å². The predicted molar refractivity (Wildman–Crippen MR) is 69.7 cm³/mol. The van der Waals surface area contributed by atoms with E-state index in [1.165, 1.54) is 4.90 Å². The Hall–Kier alpha value is -1.98. The number of hydrogen-bond donors (Lipinski definition) is 2. The number of anilines is 2. The van der Waals surface area contributed by atoms with Gasteiger partial charge in [-0.15, -0.1) is 0 Å². The second-order valence-corrected chi connectivity index (χ2v) is 4.74. The van der Waals surface area contributed by atoms with Gasteiger partial charge in [-0.05, 0) is 26.0 Å². The lowest BCUT2D eigenvalue weighted by Gasteiger charge is -2.43. The zero-order chi connectivity index (χ0) is 13.3. The number of piperazine rings is 1. The first-order valence-electron chi connectivity index (χ1n) is 5.96. The molecule has 0 saturated carbocycles. The van der Waals surface area contributed by atoms with Gasteiger partial charge in [-0.25, -0.2) is 9.78 Å². The number of carboxylic acid groups (broad SMARTS) is 1. The van der Waals surface area contributed by atoms with Crippen LogP contribution in [0.3, 0.4) is 0 Å². The minimum Gasteiger partial charge on any atom is -0.465 e. The van der Waals surface area contributed by atoms with E-state index in [1.54, 1.807) is 6.20 Å². The largest absolute Gasteiger partial charge is 0.465 e. The standard InChI is InChI=1S/C12H18N4O2/c1-8-7-16(12(17)18)9(2)6-15(8)11-4-3-10(13)5-14-11/h3-5,8-9H,6-7,13H2,1-2H3,(H,17,18)/t8-,9+/m1/s1. The van der Waals surface area contributed by atoms with Gasteiger partial charge >= 0.3 is 6.09 Å². The molecule has 1 aromatic heterocycles. The van der Waals surface area contributed by atoms with E-state index < -0.39 is 6.09 Å².